The highest BCUT2D eigenvalue weighted by molar-refractivity contribution is 14.1. The van der Waals surface area contributed by atoms with E-state index in [1.54, 1.807) is 0 Å². The van der Waals surface area contributed by atoms with Gasteiger partial charge in [0.05, 0.1) is 0 Å². The van der Waals surface area contributed by atoms with Gasteiger partial charge in [-0.3, -0.25) is 0 Å². The quantitative estimate of drug-likeness (QED) is 0.667. The van der Waals surface area contributed by atoms with Crippen molar-refractivity contribution in [3.8, 4) is 0 Å². The molecule has 0 saturated carbocycles. The summed E-state index contributed by atoms with van der Waals surface area (Å²) < 4.78 is 1.36. The molecule has 0 saturated heterocycles. The van der Waals surface area contributed by atoms with Gasteiger partial charge in [0, 0.05) is 3.57 Å². The monoisotopic (exact) mass is 246 g/mol. The Bertz CT molecular complexity index is 228. The number of hydrogen-bond donors (Lipinski definition) is 0. The summed E-state index contributed by atoms with van der Waals surface area (Å²) in [6, 6.07) is 6.62. The standard InChI is InChI=1S/C9H11I/c1-3-8-4-5-9(10)7(2)6-8/h4-6H,3H2,1-2H3. The van der Waals surface area contributed by atoms with Crippen molar-refractivity contribution < 1.29 is 0 Å². The molecule has 0 aliphatic rings. The summed E-state index contributed by atoms with van der Waals surface area (Å²) in [5.41, 5.74) is 2.82. The van der Waals surface area contributed by atoms with E-state index in [4.69, 9.17) is 0 Å². The van der Waals surface area contributed by atoms with E-state index in [2.05, 4.69) is 54.6 Å². The molecule has 0 aromatic heterocycles. The molecule has 0 spiro atoms. The molecule has 10 heavy (non-hydrogen) atoms. The number of aryl methyl sites for hydroxylation is 2. The summed E-state index contributed by atoms with van der Waals surface area (Å²) in [5.74, 6) is 0. The number of halogens is 1. The number of benzene rings is 1. The summed E-state index contributed by atoms with van der Waals surface area (Å²) in [7, 11) is 0. The van der Waals surface area contributed by atoms with Crippen molar-refractivity contribution in [2.45, 2.75) is 20.3 Å². The van der Waals surface area contributed by atoms with Gasteiger partial charge in [-0.05, 0) is 53.1 Å². The maximum Gasteiger partial charge on any atom is 0.0159 e. The molecule has 0 N–H and O–H groups in total. The van der Waals surface area contributed by atoms with Crippen LogP contribution < -0.4 is 0 Å². The highest BCUT2D eigenvalue weighted by atomic mass is 127. The second kappa shape index (κ2) is 3.37. The fourth-order valence-electron chi connectivity index (χ4n) is 0.927. The maximum atomic E-state index is 2.36. The molecule has 1 aromatic rings. The molecule has 0 heterocycles. The highest BCUT2D eigenvalue weighted by Gasteiger charge is 1.93. The van der Waals surface area contributed by atoms with Gasteiger partial charge in [0.25, 0.3) is 0 Å². The summed E-state index contributed by atoms with van der Waals surface area (Å²) in [6.07, 6.45) is 1.14. The first-order valence-electron chi connectivity index (χ1n) is 3.49. The predicted octanol–water partition coefficient (Wildman–Crippen LogP) is 3.16. The lowest BCUT2D eigenvalue weighted by molar-refractivity contribution is 1.13. The molecule has 0 aliphatic heterocycles. The van der Waals surface area contributed by atoms with Crippen LogP contribution in [0.25, 0.3) is 0 Å². The van der Waals surface area contributed by atoms with Gasteiger partial charge < -0.3 is 0 Å². The van der Waals surface area contributed by atoms with Crippen molar-refractivity contribution in [1.29, 1.82) is 0 Å². The van der Waals surface area contributed by atoms with Gasteiger partial charge in [-0.25, -0.2) is 0 Å². The van der Waals surface area contributed by atoms with Gasteiger partial charge in [0.1, 0.15) is 0 Å². The van der Waals surface area contributed by atoms with Crippen molar-refractivity contribution in [2.75, 3.05) is 0 Å². The van der Waals surface area contributed by atoms with Crippen molar-refractivity contribution in [2.24, 2.45) is 0 Å². The van der Waals surface area contributed by atoms with Crippen molar-refractivity contribution in [1.82, 2.24) is 0 Å². The van der Waals surface area contributed by atoms with Crippen LogP contribution in [-0.2, 0) is 6.42 Å². The first-order chi connectivity index (χ1) is 4.74. The molecule has 0 nitrogen and oxygen atoms in total. The topological polar surface area (TPSA) is 0 Å². The summed E-state index contributed by atoms with van der Waals surface area (Å²) in [4.78, 5) is 0. The first-order valence-corrected chi connectivity index (χ1v) is 4.57. The minimum atomic E-state index is 1.14. The van der Waals surface area contributed by atoms with Gasteiger partial charge >= 0.3 is 0 Å². The van der Waals surface area contributed by atoms with E-state index >= 15 is 0 Å². The summed E-state index contributed by atoms with van der Waals surface area (Å²) in [5, 5.41) is 0. The maximum absolute atomic E-state index is 2.36. The Balaban J connectivity index is 3.04. The summed E-state index contributed by atoms with van der Waals surface area (Å²) >= 11 is 2.36. The minimum absolute atomic E-state index is 1.14. The molecule has 54 valence electrons. The largest absolute Gasteiger partial charge is 0.0613 e. The predicted molar refractivity (Wildman–Crippen MR) is 53.3 cm³/mol. The lowest BCUT2D eigenvalue weighted by Gasteiger charge is -1.99. The van der Waals surface area contributed by atoms with Gasteiger partial charge in [0.15, 0.2) is 0 Å². The zero-order chi connectivity index (χ0) is 7.56. The molecule has 1 aromatic carbocycles. The average Bonchev–Trinajstić information content (AvgIpc) is 1.95. The second-order valence-corrected chi connectivity index (χ2v) is 3.60. The Morgan fingerprint density at radius 2 is 2.10 bits per heavy atom. The molecular formula is C9H11I. The van der Waals surface area contributed by atoms with E-state index < -0.39 is 0 Å². The Labute approximate surface area is 75.8 Å². The Morgan fingerprint density at radius 3 is 2.60 bits per heavy atom. The smallest absolute Gasteiger partial charge is 0.0159 e. The molecule has 0 fully saturated rings. The molecule has 1 heteroatoms. The molecule has 1 rings (SSSR count). The van der Waals surface area contributed by atoms with E-state index in [1.807, 2.05) is 0 Å². The molecule has 0 aliphatic carbocycles. The third-order valence-electron chi connectivity index (χ3n) is 1.63. The Morgan fingerprint density at radius 1 is 1.40 bits per heavy atom. The van der Waals surface area contributed by atoms with Gasteiger partial charge in [-0.2, -0.15) is 0 Å². The van der Waals surface area contributed by atoms with Crippen molar-refractivity contribution >= 4 is 22.6 Å². The summed E-state index contributed by atoms with van der Waals surface area (Å²) in [6.45, 7) is 4.34. The highest BCUT2D eigenvalue weighted by Crippen LogP contribution is 2.13. The zero-order valence-electron chi connectivity index (χ0n) is 6.32. The second-order valence-electron chi connectivity index (χ2n) is 2.44. The number of hydrogen-bond acceptors (Lipinski definition) is 0. The van der Waals surface area contributed by atoms with Crippen LogP contribution in [0.1, 0.15) is 18.1 Å². The van der Waals surface area contributed by atoms with E-state index in [0.29, 0.717) is 0 Å². The van der Waals surface area contributed by atoms with E-state index in [-0.39, 0.29) is 0 Å². The van der Waals surface area contributed by atoms with Gasteiger partial charge in [-0.1, -0.05) is 19.1 Å². The molecular weight excluding hydrogens is 235 g/mol. The van der Waals surface area contributed by atoms with Crippen molar-refractivity contribution in [3.63, 3.8) is 0 Å². The van der Waals surface area contributed by atoms with E-state index in [0.717, 1.165) is 6.42 Å². The average molecular weight is 246 g/mol. The van der Waals surface area contributed by atoms with Crippen LogP contribution in [0.2, 0.25) is 0 Å². The minimum Gasteiger partial charge on any atom is -0.0613 e. The SMILES string of the molecule is CCc1ccc(I)c(C)c1. The Kier molecular flexibility index (Phi) is 2.72. The first kappa shape index (κ1) is 8.05. The molecule has 0 bridgehead atoms. The van der Waals surface area contributed by atoms with Crippen LogP contribution in [0.15, 0.2) is 18.2 Å². The molecule has 0 amide bonds. The van der Waals surface area contributed by atoms with Crippen LogP contribution in [-0.4, -0.2) is 0 Å². The van der Waals surface area contributed by atoms with Gasteiger partial charge in [0.2, 0.25) is 0 Å². The third kappa shape index (κ3) is 1.72. The normalized spacial score (nSPS) is 9.90. The van der Waals surface area contributed by atoms with Crippen LogP contribution in [0.3, 0.4) is 0 Å². The Hall–Kier alpha value is -0.0500. The van der Waals surface area contributed by atoms with Crippen LogP contribution in [0.4, 0.5) is 0 Å². The van der Waals surface area contributed by atoms with Crippen LogP contribution in [0.5, 0.6) is 0 Å². The van der Waals surface area contributed by atoms with E-state index in [1.165, 1.54) is 14.7 Å². The lowest BCUT2D eigenvalue weighted by atomic mass is 10.1. The molecule has 0 atom stereocenters. The molecule has 0 unspecified atom stereocenters. The molecule has 0 radical (unpaired) electrons. The van der Waals surface area contributed by atoms with Gasteiger partial charge in [-0.15, -0.1) is 0 Å². The van der Waals surface area contributed by atoms with Crippen LogP contribution >= 0.6 is 22.6 Å². The fourth-order valence-corrected chi connectivity index (χ4v) is 1.26. The van der Waals surface area contributed by atoms with Crippen molar-refractivity contribution in [3.05, 3.63) is 32.9 Å². The van der Waals surface area contributed by atoms with E-state index in [9.17, 15) is 0 Å². The number of rotatable bonds is 1. The fraction of sp³-hybridized carbons (Fsp3) is 0.333. The lowest BCUT2D eigenvalue weighted by Crippen LogP contribution is -1.83. The van der Waals surface area contributed by atoms with Crippen LogP contribution in [0, 0.1) is 10.5 Å². The third-order valence-corrected chi connectivity index (χ3v) is 2.84. The zero-order valence-corrected chi connectivity index (χ0v) is 8.47.